The number of nitrogens with one attached hydrogen (secondary N) is 1. The predicted octanol–water partition coefficient (Wildman–Crippen LogP) is 3.41. The van der Waals surface area contributed by atoms with Crippen molar-refractivity contribution in [1.29, 1.82) is 0 Å². The molecule has 4 rings (SSSR count). The second-order valence-electron chi connectivity index (χ2n) is 7.32. The molecule has 2 aliphatic rings. The van der Waals surface area contributed by atoms with Gasteiger partial charge in [0.2, 0.25) is 0 Å². The molecule has 2 saturated heterocycles. The molecule has 0 radical (unpaired) electrons. The Hall–Kier alpha value is -2.11. The molecule has 3 heterocycles. The number of hydrogen-bond donors (Lipinski definition) is 1. The van der Waals surface area contributed by atoms with Gasteiger partial charge >= 0.3 is 0 Å². The van der Waals surface area contributed by atoms with Crippen LogP contribution in [0.25, 0.3) is 0 Å². The van der Waals surface area contributed by atoms with E-state index in [0.717, 1.165) is 51.3 Å². The molecule has 1 aromatic carbocycles. The maximum Gasteiger partial charge on any atom is 0.257 e. The maximum atomic E-state index is 6.21. The average molecular weight is 368 g/mol. The normalized spacial score (nSPS) is 23.7. The van der Waals surface area contributed by atoms with Crippen LogP contribution >= 0.6 is 0 Å². The number of piperidine rings is 1. The van der Waals surface area contributed by atoms with E-state index >= 15 is 0 Å². The first-order valence-electron chi connectivity index (χ1n) is 9.98. The minimum Gasteiger partial charge on any atom is -0.488 e. The number of nitrogens with zero attached hydrogens (tertiary/aromatic N) is 1. The molecular formula is C22H28N2O3. The van der Waals surface area contributed by atoms with Crippen LogP contribution in [0.4, 0.5) is 0 Å². The van der Waals surface area contributed by atoms with Crippen LogP contribution in [0.15, 0.2) is 48.7 Å². The lowest BCUT2D eigenvalue weighted by atomic mass is 9.81. The zero-order valence-corrected chi connectivity index (χ0v) is 15.7. The molecule has 0 saturated carbocycles. The highest BCUT2D eigenvalue weighted by atomic mass is 16.5. The van der Waals surface area contributed by atoms with Crippen molar-refractivity contribution in [2.45, 2.75) is 31.3 Å². The highest BCUT2D eigenvalue weighted by molar-refractivity contribution is 5.33. The van der Waals surface area contributed by atoms with Gasteiger partial charge < -0.3 is 19.5 Å². The van der Waals surface area contributed by atoms with Crippen LogP contribution < -0.4 is 14.8 Å². The molecule has 0 aliphatic carbocycles. The van der Waals surface area contributed by atoms with Gasteiger partial charge in [-0.05, 0) is 36.6 Å². The smallest absolute Gasteiger partial charge is 0.257 e. The van der Waals surface area contributed by atoms with Crippen LogP contribution in [0.1, 0.15) is 30.7 Å². The monoisotopic (exact) mass is 368 g/mol. The van der Waals surface area contributed by atoms with Crippen molar-refractivity contribution in [3.05, 3.63) is 54.2 Å². The Morgan fingerprint density at radius 1 is 1.04 bits per heavy atom. The molecule has 0 spiro atoms. The molecule has 2 fully saturated rings. The molecule has 1 aromatic heterocycles. The average Bonchev–Trinajstić information content (AvgIpc) is 2.75. The zero-order chi connectivity index (χ0) is 18.3. The van der Waals surface area contributed by atoms with Crippen LogP contribution in [0.2, 0.25) is 0 Å². The zero-order valence-electron chi connectivity index (χ0n) is 15.7. The fourth-order valence-corrected chi connectivity index (χ4v) is 3.96. The Morgan fingerprint density at radius 2 is 1.89 bits per heavy atom. The number of pyridine rings is 1. The van der Waals surface area contributed by atoms with E-state index in [-0.39, 0.29) is 6.10 Å². The lowest BCUT2D eigenvalue weighted by Gasteiger charge is -2.32. The summed E-state index contributed by atoms with van der Waals surface area (Å²) in [6, 6.07) is 14.6. The number of aromatic nitrogens is 1. The number of benzene rings is 1. The second-order valence-corrected chi connectivity index (χ2v) is 7.32. The molecule has 2 atom stereocenters. The van der Waals surface area contributed by atoms with Gasteiger partial charge in [-0.15, -0.1) is 0 Å². The van der Waals surface area contributed by atoms with Crippen molar-refractivity contribution >= 4 is 0 Å². The fourth-order valence-electron chi connectivity index (χ4n) is 3.96. The van der Waals surface area contributed by atoms with Crippen LogP contribution in [0.3, 0.4) is 0 Å². The summed E-state index contributed by atoms with van der Waals surface area (Å²) in [4.78, 5) is 4.41. The molecule has 0 bridgehead atoms. The summed E-state index contributed by atoms with van der Waals surface area (Å²) in [5.41, 5.74) is 1.40. The summed E-state index contributed by atoms with van der Waals surface area (Å²) in [5.74, 6) is 2.28. The van der Waals surface area contributed by atoms with Gasteiger partial charge in [-0.25, -0.2) is 4.98 Å². The maximum absolute atomic E-state index is 6.21. The van der Waals surface area contributed by atoms with E-state index in [4.69, 9.17) is 14.2 Å². The van der Waals surface area contributed by atoms with E-state index in [9.17, 15) is 0 Å². The highest BCUT2D eigenvalue weighted by Crippen LogP contribution is 2.32. The Balaban J connectivity index is 1.41. The molecule has 2 unspecified atom stereocenters. The molecule has 5 heteroatoms. The summed E-state index contributed by atoms with van der Waals surface area (Å²) < 4.78 is 17.7. The van der Waals surface area contributed by atoms with Crippen molar-refractivity contribution in [2.75, 3.05) is 32.9 Å². The minimum atomic E-state index is 0.157. The predicted molar refractivity (Wildman–Crippen MR) is 104 cm³/mol. The van der Waals surface area contributed by atoms with Gasteiger partial charge in [0.05, 0.1) is 19.8 Å². The summed E-state index contributed by atoms with van der Waals surface area (Å²) in [6.07, 6.45) is 4.86. The standard InChI is InChI=1S/C22H28N2O3/c1-2-5-17(6-3-1)20-8-12-23-15-18(20)16-26-21-7-4-11-24-22(21)27-19-9-13-25-14-10-19/h1-7,11,18-20,23H,8-10,12-16H2. The molecule has 1 N–H and O–H groups in total. The quantitative estimate of drug-likeness (QED) is 0.847. The summed E-state index contributed by atoms with van der Waals surface area (Å²) >= 11 is 0. The van der Waals surface area contributed by atoms with E-state index < -0.39 is 0 Å². The molecular weight excluding hydrogens is 340 g/mol. The number of ether oxygens (including phenoxy) is 3. The van der Waals surface area contributed by atoms with Gasteiger partial charge in [0.1, 0.15) is 6.10 Å². The fraction of sp³-hybridized carbons (Fsp3) is 0.500. The van der Waals surface area contributed by atoms with Crippen molar-refractivity contribution in [2.24, 2.45) is 5.92 Å². The number of hydrogen-bond acceptors (Lipinski definition) is 5. The van der Waals surface area contributed by atoms with Gasteiger partial charge in [-0.2, -0.15) is 0 Å². The topological polar surface area (TPSA) is 52.6 Å². The van der Waals surface area contributed by atoms with Crippen molar-refractivity contribution in [1.82, 2.24) is 10.3 Å². The van der Waals surface area contributed by atoms with Gasteiger partial charge in [-0.3, -0.25) is 0 Å². The SMILES string of the molecule is c1ccc(C2CCNCC2COc2cccnc2OC2CCOCC2)cc1. The Morgan fingerprint density at radius 3 is 2.74 bits per heavy atom. The first-order valence-corrected chi connectivity index (χ1v) is 9.98. The summed E-state index contributed by atoms with van der Waals surface area (Å²) in [6.45, 7) is 4.18. The van der Waals surface area contributed by atoms with Crippen molar-refractivity contribution in [3.63, 3.8) is 0 Å². The van der Waals surface area contributed by atoms with Gasteiger partial charge in [0.15, 0.2) is 5.75 Å². The second kappa shape index (κ2) is 9.20. The van der Waals surface area contributed by atoms with Crippen LogP contribution in [0.5, 0.6) is 11.6 Å². The third-order valence-corrected chi connectivity index (χ3v) is 5.47. The van der Waals surface area contributed by atoms with Crippen LogP contribution in [-0.2, 0) is 4.74 Å². The van der Waals surface area contributed by atoms with Gasteiger partial charge in [0.25, 0.3) is 5.88 Å². The lowest BCUT2D eigenvalue weighted by molar-refractivity contribution is 0.0220. The minimum absolute atomic E-state index is 0.157. The Labute approximate surface area is 161 Å². The van der Waals surface area contributed by atoms with E-state index in [1.807, 2.05) is 12.1 Å². The van der Waals surface area contributed by atoms with Gasteiger partial charge in [-0.1, -0.05) is 30.3 Å². The van der Waals surface area contributed by atoms with Crippen molar-refractivity contribution in [3.8, 4) is 11.6 Å². The molecule has 144 valence electrons. The third-order valence-electron chi connectivity index (χ3n) is 5.47. The third kappa shape index (κ3) is 4.79. The van der Waals surface area contributed by atoms with E-state index in [1.165, 1.54) is 5.56 Å². The summed E-state index contributed by atoms with van der Waals surface area (Å²) in [5, 5.41) is 3.51. The Kier molecular flexibility index (Phi) is 6.22. The van der Waals surface area contributed by atoms with E-state index in [0.29, 0.717) is 24.3 Å². The summed E-state index contributed by atoms with van der Waals surface area (Å²) in [7, 11) is 0. The molecule has 0 amide bonds. The lowest BCUT2D eigenvalue weighted by Crippen LogP contribution is -2.38. The largest absolute Gasteiger partial charge is 0.488 e. The molecule has 2 aliphatic heterocycles. The first kappa shape index (κ1) is 18.3. The van der Waals surface area contributed by atoms with E-state index in [1.54, 1.807) is 6.20 Å². The van der Waals surface area contributed by atoms with Gasteiger partial charge in [0, 0.05) is 31.5 Å². The first-order chi connectivity index (χ1) is 13.4. The molecule has 5 nitrogen and oxygen atoms in total. The van der Waals surface area contributed by atoms with Crippen LogP contribution in [0, 0.1) is 5.92 Å². The van der Waals surface area contributed by atoms with E-state index in [2.05, 4.69) is 40.6 Å². The highest BCUT2D eigenvalue weighted by Gasteiger charge is 2.27. The molecule has 27 heavy (non-hydrogen) atoms. The molecule has 2 aromatic rings. The Bertz CT molecular complexity index is 704. The number of rotatable bonds is 6. The van der Waals surface area contributed by atoms with Crippen molar-refractivity contribution < 1.29 is 14.2 Å². The van der Waals surface area contributed by atoms with Crippen LogP contribution in [-0.4, -0.2) is 44.0 Å².